The topological polar surface area (TPSA) is 33.2 Å². The first-order chi connectivity index (χ1) is 7.31. The SMILES string of the molecule is C#Cc1cncc(C(=O)N2CCCC2)c1. The van der Waals surface area contributed by atoms with Crippen molar-refractivity contribution in [3.8, 4) is 12.3 Å². The third-order valence-corrected chi connectivity index (χ3v) is 2.55. The molecule has 0 N–H and O–H groups in total. The molecule has 3 heteroatoms. The Kier molecular flexibility index (Phi) is 2.68. The fourth-order valence-electron chi connectivity index (χ4n) is 1.74. The van der Waals surface area contributed by atoms with Crippen LogP contribution in [0.25, 0.3) is 0 Å². The number of aromatic nitrogens is 1. The Bertz CT molecular complexity index is 414. The number of pyridine rings is 1. The normalized spacial score (nSPS) is 15.0. The molecule has 1 aromatic rings. The van der Waals surface area contributed by atoms with Gasteiger partial charge in [0.1, 0.15) is 0 Å². The second kappa shape index (κ2) is 4.14. The molecule has 0 radical (unpaired) electrons. The minimum Gasteiger partial charge on any atom is -0.339 e. The van der Waals surface area contributed by atoms with Crippen LogP contribution in [0.2, 0.25) is 0 Å². The van der Waals surface area contributed by atoms with Gasteiger partial charge >= 0.3 is 0 Å². The van der Waals surface area contributed by atoms with E-state index in [9.17, 15) is 4.79 Å². The van der Waals surface area contributed by atoms with Crippen molar-refractivity contribution in [2.45, 2.75) is 12.8 Å². The zero-order valence-corrected chi connectivity index (χ0v) is 8.44. The third kappa shape index (κ3) is 1.99. The van der Waals surface area contributed by atoms with Crippen LogP contribution in [-0.4, -0.2) is 28.9 Å². The van der Waals surface area contributed by atoms with Crippen molar-refractivity contribution in [2.75, 3.05) is 13.1 Å². The van der Waals surface area contributed by atoms with Gasteiger partial charge in [-0.25, -0.2) is 0 Å². The number of nitrogens with zero attached hydrogens (tertiary/aromatic N) is 2. The molecule has 1 aromatic heterocycles. The van der Waals surface area contributed by atoms with Gasteiger partial charge in [-0.3, -0.25) is 9.78 Å². The summed E-state index contributed by atoms with van der Waals surface area (Å²) in [4.78, 5) is 17.7. The van der Waals surface area contributed by atoms with Crippen molar-refractivity contribution >= 4 is 5.91 Å². The first-order valence-corrected chi connectivity index (χ1v) is 5.02. The molecule has 0 aliphatic carbocycles. The van der Waals surface area contributed by atoms with Crippen molar-refractivity contribution in [1.82, 2.24) is 9.88 Å². The van der Waals surface area contributed by atoms with E-state index in [1.807, 2.05) is 4.90 Å². The average Bonchev–Trinajstić information content (AvgIpc) is 2.81. The Morgan fingerprint density at radius 1 is 1.40 bits per heavy atom. The molecular weight excluding hydrogens is 188 g/mol. The molecule has 1 amide bonds. The quantitative estimate of drug-likeness (QED) is 0.640. The summed E-state index contributed by atoms with van der Waals surface area (Å²) >= 11 is 0. The molecule has 0 spiro atoms. The van der Waals surface area contributed by atoms with Gasteiger partial charge in [0.25, 0.3) is 5.91 Å². The fourth-order valence-corrected chi connectivity index (χ4v) is 1.74. The Morgan fingerprint density at radius 2 is 2.13 bits per heavy atom. The van der Waals surface area contributed by atoms with Gasteiger partial charge in [0.2, 0.25) is 0 Å². The highest BCUT2D eigenvalue weighted by Gasteiger charge is 2.19. The summed E-state index contributed by atoms with van der Waals surface area (Å²) < 4.78 is 0. The second-order valence-corrected chi connectivity index (χ2v) is 3.61. The smallest absolute Gasteiger partial charge is 0.255 e. The summed E-state index contributed by atoms with van der Waals surface area (Å²) in [5.74, 6) is 2.52. The fraction of sp³-hybridized carbons (Fsp3) is 0.333. The molecule has 15 heavy (non-hydrogen) atoms. The van der Waals surface area contributed by atoms with Crippen LogP contribution in [0.1, 0.15) is 28.8 Å². The lowest BCUT2D eigenvalue weighted by atomic mass is 10.2. The van der Waals surface area contributed by atoms with Gasteiger partial charge in [-0.1, -0.05) is 5.92 Å². The van der Waals surface area contributed by atoms with Crippen LogP contribution in [0.5, 0.6) is 0 Å². The lowest BCUT2D eigenvalue weighted by molar-refractivity contribution is 0.0792. The maximum atomic E-state index is 11.9. The Morgan fingerprint density at radius 3 is 2.80 bits per heavy atom. The third-order valence-electron chi connectivity index (χ3n) is 2.55. The summed E-state index contributed by atoms with van der Waals surface area (Å²) in [5, 5.41) is 0. The van der Waals surface area contributed by atoms with Crippen LogP contribution < -0.4 is 0 Å². The minimum absolute atomic E-state index is 0.0390. The predicted molar refractivity (Wildman–Crippen MR) is 57.3 cm³/mol. The molecule has 1 aliphatic heterocycles. The summed E-state index contributed by atoms with van der Waals surface area (Å²) in [6.45, 7) is 1.69. The van der Waals surface area contributed by atoms with Crippen molar-refractivity contribution in [1.29, 1.82) is 0 Å². The van der Waals surface area contributed by atoms with Crippen molar-refractivity contribution in [3.05, 3.63) is 29.6 Å². The summed E-state index contributed by atoms with van der Waals surface area (Å²) in [6.07, 6.45) is 10.6. The van der Waals surface area contributed by atoms with Gasteiger partial charge in [0, 0.05) is 31.0 Å². The van der Waals surface area contributed by atoms with E-state index >= 15 is 0 Å². The number of carbonyl (C=O) groups is 1. The monoisotopic (exact) mass is 200 g/mol. The van der Waals surface area contributed by atoms with Crippen LogP contribution in [0, 0.1) is 12.3 Å². The van der Waals surface area contributed by atoms with Gasteiger partial charge in [-0.05, 0) is 18.9 Å². The molecule has 1 aliphatic rings. The Balaban J connectivity index is 2.21. The van der Waals surface area contributed by atoms with Gasteiger partial charge in [-0.2, -0.15) is 0 Å². The molecule has 0 atom stereocenters. The van der Waals surface area contributed by atoms with Crippen LogP contribution in [0.15, 0.2) is 18.5 Å². The highest BCUT2D eigenvalue weighted by atomic mass is 16.2. The van der Waals surface area contributed by atoms with Gasteiger partial charge < -0.3 is 4.90 Å². The molecule has 0 bridgehead atoms. The molecule has 3 nitrogen and oxygen atoms in total. The first kappa shape index (κ1) is 9.72. The zero-order chi connectivity index (χ0) is 10.7. The largest absolute Gasteiger partial charge is 0.339 e. The molecule has 1 fully saturated rings. The van der Waals surface area contributed by atoms with Gasteiger partial charge in [-0.15, -0.1) is 6.42 Å². The molecule has 0 aromatic carbocycles. The first-order valence-electron chi connectivity index (χ1n) is 5.02. The molecule has 0 saturated carbocycles. The van der Waals surface area contributed by atoms with Crippen molar-refractivity contribution < 1.29 is 4.79 Å². The summed E-state index contributed by atoms with van der Waals surface area (Å²) in [5.41, 5.74) is 1.24. The van der Waals surface area contributed by atoms with E-state index in [2.05, 4.69) is 10.9 Å². The van der Waals surface area contributed by atoms with E-state index in [-0.39, 0.29) is 5.91 Å². The summed E-state index contributed by atoms with van der Waals surface area (Å²) in [6, 6.07) is 1.72. The molecular formula is C12H12N2O. The second-order valence-electron chi connectivity index (χ2n) is 3.61. The highest BCUT2D eigenvalue weighted by molar-refractivity contribution is 5.94. The number of carbonyl (C=O) groups excluding carboxylic acids is 1. The Labute approximate surface area is 89.1 Å². The van der Waals surface area contributed by atoms with Gasteiger partial charge in [0.15, 0.2) is 0 Å². The molecule has 1 saturated heterocycles. The number of hydrogen-bond acceptors (Lipinski definition) is 2. The van der Waals surface area contributed by atoms with Crippen LogP contribution >= 0.6 is 0 Å². The average molecular weight is 200 g/mol. The standard InChI is InChI=1S/C12H12N2O/c1-2-10-7-11(9-13-8-10)12(15)14-5-3-4-6-14/h1,7-9H,3-6H2. The van der Waals surface area contributed by atoms with E-state index in [1.54, 1.807) is 18.5 Å². The van der Waals surface area contributed by atoms with Crippen molar-refractivity contribution in [2.24, 2.45) is 0 Å². The summed E-state index contributed by atoms with van der Waals surface area (Å²) in [7, 11) is 0. The Hall–Kier alpha value is -1.82. The van der Waals surface area contributed by atoms with Crippen LogP contribution in [0.4, 0.5) is 0 Å². The van der Waals surface area contributed by atoms with E-state index < -0.39 is 0 Å². The molecule has 2 rings (SSSR count). The van der Waals surface area contributed by atoms with E-state index in [1.165, 1.54) is 0 Å². The molecule has 0 unspecified atom stereocenters. The number of amides is 1. The molecule has 2 heterocycles. The minimum atomic E-state index is 0.0390. The van der Waals surface area contributed by atoms with E-state index in [4.69, 9.17) is 6.42 Å². The number of terminal acetylenes is 1. The van der Waals surface area contributed by atoms with Crippen LogP contribution in [-0.2, 0) is 0 Å². The lowest BCUT2D eigenvalue weighted by Gasteiger charge is -2.14. The van der Waals surface area contributed by atoms with E-state index in [0.29, 0.717) is 11.1 Å². The maximum absolute atomic E-state index is 11.9. The number of hydrogen-bond donors (Lipinski definition) is 0. The number of rotatable bonds is 1. The highest BCUT2D eigenvalue weighted by Crippen LogP contribution is 2.12. The van der Waals surface area contributed by atoms with Crippen molar-refractivity contribution in [3.63, 3.8) is 0 Å². The van der Waals surface area contributed by atoms with Crippen LogP contribution in [0.3, 0.4) is 0 Å². The zero-order valence-electron chi connectivity index (χ0n) is 8.44. The maximum Gasteiger partial charge on any atom is 0.255 e. The van der Waals surface area contributed by atoms with E-state index in [0.717, 1.165) is 25.9 Å². The lowest BCUT2D eigenvalue weighted by Crippen LogP contribution is -2.27. The molecule has 76 valence electrons. The van der Waals surface area contributed by atoms with Gasteiger partial charge in [0.05, 0.1) is 5.56 Å². The predicted octanol–water partition coefficient (Wildman–Crippen LogP) is 1.30. The number of likely N-dealkylation sites (tertiary alicyclic amines) is 1.